The average Bonchev–Trinajstić information content (AvgIpc) is 3.37. The Bertz CT molecular complexity index is 1260. The molecule has 0 N–H and O–H groups in total. The monoisotopic (exact) mass is 402 g/mol. The average molecular weight is 402 g/mol. The zero-order valence-corrected chi connectivity index (χ0v) is 16.9. The van der Waals surface area contributed by atoms with Crippen molar-refractivity contribution in [2.75, 3.05) is 11.4 Å². The van der Waals surface area contributed by atoms with E-state index in [1.807, 2.05) is 32.3 Å². The molecule has 4 aromatic rings. The van der Waals surface area contributed by atoms with Gasteiger partial charge in [0.05, 0.1) is 29.9 Å². The fourth-order valence-corrected chi connectivity index (χ4v) is 4.08. The van der Waals surface area contributed by atoms with Crippen LogP contribution in [0.1, 0.15) is 18.7 Å². The molecule has 1 saturated heterocycles. The van der Waals surface area contributed by atoms with Crippen molar-refractivity contribution in [1.29, 1.82) is 0 Å². The van der Waals surface area contributed by atoms with Gasteiger partial charge >= 0.3 is 0 Å². The molecule has 0 radical (unpaired) electrons. The number of aryl methyl sites for hydroxylation is 2. The Balaban J connectivity index is 1.50. The predicted octanol–water partition coefficient (Wildman–Crippen LogP) is 1.96. The number of aromatic nitrogens is 7. The lowest BCUT2D eigenvalue weighted by atomic mass is 10.2. The lowest BCUT2D eigenvalue weighted by molar-refractivity contribution is 0.489. The van der Waals surface area contributed by atoms with E-state index in [2.05, 4.69) is 25.1 Å². The van der Waals surface area contributed by atoms with Crippen LogP contribution in [0.4, 0.5) is 5.82 Å². The van der Waals surface area contributed by atoms with Gasteiger partial charge in [-0.2, -0.15) is 10.2 Å². The number of anilines is 1. The van der Waals surface area contributed by atoms with Gasteiger partial charge in [-0.3, -0.25) is 14.5 Å². The van der Waals surface area contributed by atoms with Crippen LogP contribution in [-0.4, -0.2) is 47.1 Å². The van der Waals surface area contributed by atoms with E-state index in [1.54, 1.807) is 33.9 Å². The van der Waals surface area contributed by atoms with Gasteiger partial charge in [0.2, 0.25) is 0 Å². The fraction of sp³-hybridized carbons (Fsp3) is 0.333. The molecule has 1 fully saturated rings. The molecule has 5 heterocycles. The van der Waals surface area contributed by atoms with E-state index in [0.717, 1.165) is 47.5 Å². The smallest absolute Gasteiger partial charge is 0.266 e. The van der Waals surface area contributed by atoms with Crippen LogP contribution in [0.5, 0.6) is 0 Å². The van der Waals surface area contributed by atoms with Crippen molar-refractivity contribution in [2.24, 2.45) is 7.05 Å². The van der Waals surface area contributed by atoms with Crippen LogP contribution in [0.25, 0.3) is 22.3 Å². The van der Waals surface area contributed by atoms with Crippen molar-refractivity contribution in [3.8, 4) is 11.3 Å². The molecule has 1 aliphatic heterocycles. The third kappa shape index (κ3) is 3.22. The van der Waals surface area contributed by atoms with Gasteiger partial charge in [-0.15, -0.1) is 0 Å². The molecule has 1 atom stereocenters. The van der Waals surface area contributed by atoms with Crippen LogP contribution in [0, 0.1) is 6.92 Å². The Labute approximate surface area is 173 Å². The third-order valence-electron chi connectivity index (χ3n) is 5.54. The summed E-state index contributed by atoms with van der Waals surface area (Å²) in [6, 6.07) is 7.24. The largest absolute Gasteiger partial charge is 0.351 e. The van der Waals surface area contributed by atoms with Gasteiger partial charge in [0, 0.05) is 37.6 Å². The van der Waals surface area contributed by atoms with Crippen LogP contribution in [0.2, 0.25) is 0 Å². The van der Waals surface area contributed by atoms with E-state index in [4.69, 9.17) is 4.98 Å². The second-order valence-electron chi connectivity index (χ2n) is 7.57. The van der Waals surface area contributed by atoms with Gasteiger partial charge < -0.3 is 4.90 Å². The Morgan fingerprint density at radius 1 is 1.17 bits per heavy atom. The van der Waals surface area contributed by atoms with Gasteiger partial charge in [0.25, 0.3) is 5.56 Å². The highest BCUT2D eigenvalue weighted by molar-refractivity contribution is 5.87. The van der Waals surface area contributed by atoms with E-state index in [9.17, 15) is 4.79 Å². The summed E-state index contributed by atoms with van der Waals surface area (Å²) in [6.45, 7) is 3.27. The van der Waals surface area contributed by atoms with Crippen molar-refractivity contribution in [1.82, 2.24) is 34.5 Å². The Hall–Kier alpha value is -3.62. The summed E-state index contributed by atoms with van der Waals surface area (Å²) in [7, 11) is 1.88. The second-order valence-corrected chi connectivity index (χ2v) is 7.57. The highest BCUT2D eigenvalue weighted by atomic mass is 16.1. The molecular weight excluding hydrogens is 380 g/mol. The topological polar surface area (TPSA) is 94.6 Å². The number of rotatable bonds is 4. The molecule has 0 bridgehead atoms. The molecule has 0 amide bonds. The first-order valence-electron chi connectivity index (χ1n) is 10.0. The Morgan fingerprint density at radius 2 is 2.07 bits per heavy atom. The summed E-state index contributed by atoms with van der Waals surface area (Å²) in [6.07, 6.45) is 7.29. The molecule has 152 valence electrons. The normalized spacial score (nSPS) is 16.5. The van der Waals surface area contributed by atoms with E-state index in [1.165, 1.54) is 0 Å². The molecule has 9 heteroatoms. The third-order valence-corrected chi connectivity index (χ3v) is 5.54. The van der Waals surface area contributed by atoms with Gasteiger partial charge in [-0.05, 0) is 38.0 Å². The molecule has 1 unspecified atom stereocenters. The molecule has 9 nitrogen and oxygen atoms in total. The van der Waals surface area contributed by atoms with Crippen LogP contribution in [0.3, 0.4) is 0 Å². The summed E-state index contributed by atoms with van der Waals surface area (Å²) in [4.78, 5) is 28.2. The van der Waals surface area contributed by atoms with E-state index < -0.39 is 0 Å². The number of pyridine rings is 1. The Kier molecular flexibility index (Phi) is 4.50. The highest BCUT2D eigenvalue weighted by Gasteiger charge is 2.29. The van der Waals surface area contributed by atoms with Gasteiger partial charge in [-0.1, -0.05) is 0 Å². The maximum atomic E-state index is 12.5. The van der Waals surface area contributed by atoms with Crippen molar-refractivity contribution >= 4 is 16.9 Å². The maximum absolute atomic E-state index is 12.5. The molecular formula is C21H22N8O. The van der Waals surface area contributed by atoms with E-state index in [-0.39, 0.29) is 11.6 Å². The molecule has 30 heavy (non-hydrogen) atoms. The minimum Gasteiger partial charge on any atom is -0.351 e. The van der Waals surface area contributed by atoms with Crippen molar-refractivity contribution in [2.45, 2.75) is 32.4 Å². The SMILES string of the molecule is Cc1nc(N2CCCC2Cn2nc(-c3cccnc3)ccc2=O)c2cnn(C)c2n1. The van der Waals surface area contributed by atoms with Gasteiger partial charge in [0.1, 0.15) is 11.6 Å². The molecule has 4 aromatic heterocycles. The predicted molar refractivity (Wildman–Crippen MR) is 113 cm³/mol. The maximum Gasteiger partial charge on any atom is 0.266 e. The first-order valence-corrected chi connectivity index (χ1v) is 10.0. The molecule has 0 spiro atoms. The van der Waals surface area contributed by atoms with Gasteiger partial charge in [0.15, 0.2) is 5.65 Å². The molecule has 0 aliphatic carbocycles. The fourth-order valence-electron chi connectivity index (χ4n) is 4.08. The summed E-state index contributed by atoms with van der Waals surface area (Å²) >= 11 is 0. The van der Waals surface area contributed by atoms with Crippen LogP contribution < -0.4 is 10.5 Å². The first-order chi connectivity index (χ1) is 14.6. The minimum absolute atomic E-state index is 0.111. The van der Waals surface area contributed by atoms with Gasteiger partial charge in [-0.25, -0.2) is 14.6 Å². The summed E-state index contributed by atoms with van der Waals surface area (Å²) in [5, 5.41) is 9.89. The zero-order chi connectivity index (χ0) is 20.7. The van der Waals surface area contributed by atoms with Crippen molar-refractivity contribution in [3.63, 3.8) is 0 Å². The van der Waals surface area contributed by atoms with Crippen molar-refractivity contribution in [3.05, 3.63) is 59.0 Å². The number of hydrogen-bond donors (Lipinski definition) is 0. The molecule has 1 aliphatic rings. The zero-order valence-electron chi connectivity index (χ0n) is 16.9. The number of hydrogen-bond acceptors (Lipinski definition) is 7. The lowest BCUT2D eigenvalue weighted by Crippen LogP contribution is -2.37. The second kappa shape index (κ2) is 7.33. The van der Waals surface area contributed by atoms with E-state index in [0.29, 0.717) is 12.4 Å². The molecule has 5 rings (SSSR count). The van der Waals surface area contributed by atoms with Crippen LogP contribution in [0.15, 0.2) is 47.7 Å². The lowest BCUT2D eigenvalue weighted by Gasteiger charge is -2.26. The summed E-state index contributed by atoms with van der Waals surface area (Å²) < 4.78 is 3.32. The van der Waals surface area contributed by atoms with E-state index >= 15 is 0 Å². The standard InChI is InChI=1S/C21H22N8O/c1-14-24-20-17(12-23-27(20)2)21(25-14)28-10-4-6-16(28)13-29-19(30)8-7-18(26-29)15-5-3-9-22-11-15/h3,5,7-9,11-12,16H,4,6,10,13H2,1-2H3. The van der Waals surface area contributed by atoms with Crippen LogP contribution in [-0.2, 0) is 13.6 Å². The molecule has 0 aromatic carbocycles. The Morgan fingerprint density at radius 3 is 2.90 bits per heavy atom. The summed E-state index contributed by atoms with van der Waals surface area (Å²) in [5.41, 5.74) is 2.33. The molecule has 0 saturated carbocycles. The van der Waals surface area contributed by atoms with Crippen molar-refractivity contribution < 1.29 is 0 Å². The quantitative estimate of drug-likeness (QED) is 0.515. The highest BCUT2D eigenvalue weighted by Crippen LogP contribution is 2.30. The first kappa shape index (κ1) is 18.4. The minimum atomic E-state index is -0.111. The number of fused-ring (bicyclic) bond motifs is 1. The van der Waals surface area contributed by atoms with Crippen LogP contribution >= 0.6 is 0 Å². The number of nitrogens with zero attached hydrogens (tertiary/aromatic N) is 8. The summed E-state index contributed by atoms with van der Waals surface area (Å²) in [5.74, 6) is 1.59.